The smallest absolute Gasteiger partial charge is 0.852 e. The number of hydrogen-bond donors (Lipinski definition) is 0. The Bertz CT molecular complexity index is 275. The molecule has 0 atom stereocenters. The molecule has 0 aromatic carbocycles. The number of carboxylic acid groups (broad SMARTS) is 1. The Labute approximate surface area is 198 Å². The third-order valence-corrected chi connectivity index (χ3v) is 3.98. The Morgan fingerprint density at radius 3 is 1.00 bits per heavy atom. The number of hydrogen-bond acceptors (Lipinski definition) is 4. The van der Waals surface area contributed by atoms with Gasteiger partial charge in [0, 0.05) is 5.97 Å². The third kappa shape index (κ3) is 70.7. The first-order chi connectivity index (χ1) is 13.2. The average molecular weight is 447 g/mol. The van der Waals surface area contributed by atoms with Gasteiger partial charge in [0.2, 0.25) is 0 Å². The average Bonchev–Trinajstić information content (AvgIpc) is 2.57. The molecule has 0 aliphatic heterocycles. The standard InChI is InChI=1S/C18H36O2.2C3H7O.Al.H2O/c1-2-3-4-5-6-7-8-9-10-11-12-13-14-15-16-17-18(19)20;2*1-3(2)4;;/h2-17H2,1H3,(H,19,20);2*3H,1-2H3;;1H2/q;2*-1;+3;/p-1. The van der Waals surface area contributed by atoms with Gasteiger partial charge in [-0.3, -0.25) is 0 Å². The van der Waals surface area contributed by atoms with Gasteiger partial charge in [0.15, 0.2) is 0 Å². The SMILES string of the molecule is CC(C)[O-].CC(C)[O-].CCCCCCCCCCCCCCCCCC(=O)[O-].O.[Al+3]. The normalized spacial score (nSPS) is 9.63. The van der Waals surface area contributed by atoms with Crippen molar-refractivity contribution < 1.29 is 25.6 Å². The predicted molar refractivity (Wildman–Crippen MR) is 124 cm³/mol. The second-order valence-electron chi connectivity index (χ2n) is 8.17. The van der Waals surface area contributed by atoms with Crippen molar-refractivity contribution in [3.05, 3.63) is 0 Å². The molecule has 0 saturated carbocycles. The molecule has 6 heteroatoms. The van der Waals surface area contributed by atoms with Crippen LogP contribution in [-0.2, 0) is 4.79 Å². The van der Waals surface area contributed by atoms with E-state index in [4.69, 9.17) is 0 Å². The monoisotopic (exact) mass is 446 g/mol. The Morgan fingerprint density at radius 1 is 0.600 bits per heavy atom. The van der Waals surface area contributed by atoms with E-state index < -0.39 is 18.2 Å². The topological polar surface area (TPSA) is 118 Å². The molecule has 5 nitrogen and oxygen atoms in total. The van der Waals surface area contributed by atoms with Crippen LogP contribution in [-0.4, -0.2) is 41.0 Å². The number of rotatable bonds is 16. The maximum Gasteiger partial charge on any atom is 3.00 e. The van der Waals surface area contributed by atoms with E-state index in [1.165, 1.54) is 83.5 Å². The van der Waals surface area contributed by atoms with E-state index in [9.17, 15) is 20.1 Å². The predicted octanol–water partition coefficient (Wildman–Crippen LogP) is 3.30. The molecule has 0 aliphatic carbocycles. The summed E-state index contributed by atoms with van der Waals surface area (Å²) in [5.74, 6) is -0.903. The quantitative estimate of drug-likeness (QED) is 0.267. The van der Waals surface area contributed by atoms with Gasteiger partial charge in [0.1, 0.15) is 0 Å². The van der Waals surface area contributed by atoms with Crippen molar-refractivity contribution in [1.82, 2.24) is 0 Å². The number of carbonyl (C=O) groups excluding carboxylic acids is 1. The first-order valence-corrected chi connectivity index (χ1v) is 11.7. The van der Waals surface area contributed by atoms with Gasteiger partial charge in [0.25, 0.3) is 0 Å². The zero-order valence-corrected chi connectivity index (χ0v) is 21.8. The molecule has 0 amide bonds. The summed E-state index contributed by atoms with van der Waals surface area (Å²) in [7, 11) is 0. The fourth-order valence-electron chi connectivity index (χ4n) is 2.64. The summed E-state index contributed by atoms with van der Waals surface area (Å²) in [5.41, 5.74) is 0. The Kier molecular flexibility index (Phi) is 48.7. The summed E-state index contributed by atoms with van der Waals surface area (Å²) in [6.45, 7) is 8.71. The fraction of sp³-hybridized carbons (Fsp3) is 0.958. The van der Waals surface area contributed by atoms with Gasteiger partial charge in [-0.1, -0.05) is 125 Å². The largest absolute Gasteiger partial charge is 3.00 e. The van der Waals surface area contributed by atoms with Gasteiger partial charge in [0.05, 0.1) is 0 Å². The van der Waals surface area contributed by atoms with Gasteiger partial charge in [-0.25, -0.2) is 0 Å². The van der Waals surface area contributed by atoms with Crippen molar-refractivity contribution in [2.45, 2.75) is 150 Å². The van der Waals surface area contributed by atoms with E-state index in [1.54, 1.807) is 27.7 Å². The van der Waals surface area contributed by atoms with Crippen LogP contribution < -0.4 is 15.3 Å². The van der Waals surface area contributed by atoms with E-state index in [0.29, 0.717) is 0 Å². The number of carbonyl (C=O) groups is 1. The van der Waals surface area contributed by atoms with Crippen LogP contribution in [0.1, 0.15) is 137 Å². The third-order valence-electron chi connectivity index (χ3n) is 3.98. The summed E-state index contributed by atoms with van der Waals surface area (Å²) in [6, 6.07) is 0. The van der Waals surface area contributed by atoms with Crippen molar-refractivity contribution in [3.63, 3.8) is 0 Å². The maximum absolute atomic E-state index is 10.2. The Morgan fingerprint density at radius 2 is 0.800 bits per heavy atom. The van der Waals surface area contributed by atoms with Crippen LogP contribution in [0, 0.1) is 0 Å². The van der Waals surface area contributed by atoms with E-state index >= 15 is 0 Å². The molecular weight excluding hydrogens is 395 g/mol. The second-order valence-corrected chi connectivity index (χ2v) is 8.17. The minimum absolute atomic E-state index is 0. The molecule has 0 aliphatic rings. The van der Waals surface area contributed by atoms with Crippen molar-refractivity contribution >= 4 is 23.3 Å². The van der Waals surface area contributed by atoms with Gasteiger partial charge in [-0.15, -0.1) is 12.2 Å². The van der Waals surface area contributed by atoms with E-state index in [-0.39, 0.29) is 29.3 Å². The fourth-order valence-corrected chi connectivity index (χ4v) is 2.64. The minimum atomic E-state index is -0.903. The van der Waals surface area contributed by atoms with Crippen LogP contribution in [0.3, 0.4) is 0 Å². The molecule has 0 rings (SSSR count). The molecule has 0 spiro atoms. The van der Waals surface area contributed by atoms with Crippen molar-refractivity contribution in [2.75, 3.05) is 0 Å². The van der Waals surface area contributed by atoms with Crippen LogP contribution in [0.4, 0.5) is 0 Å². The van der Waals surface area contributed by atoms with Crippen LogP contribution in [0.15, 0.2) is 0 Å². The summed E-state index contributed by atoms with van der Waals surface area (Å²) < 4.78 is 0. The van der Waals surface area contributed by atoms with Crippen LogP contribution >= 0.6 is 0 Å². The minimum Gasteiger partial charge on any atom is -0.852 e. The summed E-state index contributed by atoms with van der Waals surface area (Å²) in [5, 5.41) is 29.3. The number of unbranched alkanes of at least 4 members (excludes halogenated alkanes) is 14. The molecule has 30 heavy (non-hydrogen) atoms. The van der Waals surface area contributed by atoms with E-state index in [2.05, 4.69) is 6.92 Å². The number of aliphatic carboxylic acids is 1. The molecule has 0 unspecified atom stereocenters. The van der Waals surface area contributed by atoms with Crippen LogP contribution in [0.25, 0.3) is 0 Å². The first-order valence-electron chi connectivity index (χ1n) is 11.7. The molecule has 0 fully saturated rings. The molecule has 2 N–H and O–H groups in total. The van der Waals surface area contributed by atoms with Gasteiger partial charge in [-0.05, 0) is 12.8 Å². The van der Waals surface area contributed by atoms with Gasteiger partial charge < -0.3 is 25.6 Å². The van der Waals surface area contributed by atoms with Crippen molar-refractivity contribution in [1.29, 1.82) is 0 Å². The van der Waals surface area contributed by atoms with Crippen LogP contribution in [0.2, 0.25) is 0 Å². The molecule has 0 bridgehead atoms. The summed E-state index contributed by atoms with van der Waals surface area (Å²) in [4.78, 5) is 10.2. The molecule has 0 saturated heterocycles. The van der Waals surface area contributed by atoms with E-state index in [0.717, 1.165) is 12.8 Å². The second kappa shape index (κ2) is 36.3. The molecule has 0 radical (unpaired) electrons. The van der Waals surface area contributed by atoms with Crippen LogP contribution in [0.5, 0.6) is 0 Å². The Balaban J connectivity index is -0.000000178. The van der Waals surface area contributed by atoms with Gasteiger partial charge in [-0.2, -0.15) is 0 Å². The molecule has 0 aromatic rings. The zero-order valence-electron chi connectivity index (χ0n) is 20.7. The number of carboxylic acids is 1. The summed E-state index contributed by atoms with van der Waals surface area (Å²) in [6.07, 6.45) is 19.0. The molecule has 0 aromatic heterocycles. The molecular formula is C24H51AlO5. The maximum atomic E-state index is 10.2. The summed E-state index contributed by atoms with van der Waals surface area (Å²) >= 11 is 0. The Hall–Kier alpha value is -0.118. The zero-order chi connectivity index (χ0) is 22.0. The van der Waals surface area contributed by atoms with Crippen molar-refractivity contribution in [3.8, 4) is 0 Å². The molecule has 180 valence electrons. The molecule has 0 heterocycles. The van der Waals surface area contributed by atoms with E-state index in [1.807, 2.05) is 0 Å². The van der Waals surface area contributed by atoms with Crippen molar-refractivity contribution in [2.24, 2.45) is 0 Å². The van der Waals surface area contributed by atoms with Gasteiger partial charge >= 0.3 is 17.4 Å². The first kappa shape index (κ1) is 40.3.